The van der Waals surface area contributed by atoms with Crippen LogP contribution in [0.1, 0.15) is 44.7 Å². The van der Waals surface area contributed by atoms with Gasteiger partial charge in [-0.3, -0.25) is 9.78 Å². The SMILES string of the molecule is CCOC(=O)N[C@H]1CC[C@@H]2[C@@H](C1)C[C@H]1CC(=O)N[C@H]1[C@H]2/C=C/c1ccc(-c2cccc(F)c2)cn1. The van der Waals surface area contributed by atoms with E-state index in [-0.39, 0.29) is 35.8 Å². The Hall–Kier alpha value is -3.22. The van der Waals surface area contributed by atoms with Crippen molar-refractivity contribution in [3.8, 4) is 11.1 Å². The molecule has 6 nitrogen and oxygen atoms in total. The molecule has 5 rings (SSSR count). The van der Waals surface area contributed by atoms with E-state index in [1.807, 2.05) is 31.2 Å². The molecular weight excluding hydrogens is 445 g/mol. The number of halogens is 1. The first kappa shape index (κ1) is 23.5. The van der Waals surface area contributed by atoms with Crippen molar-refractivity contribution < 1.29 is 18.7 Å². The Labute approximate surface area is 205 Å². The van der Waals surface area contributed by atoms with E-state index in [0.717, 1.165) is 42.5 Å². The molecule has 2 saturated carbocycles. The van der Waals surface area contributed by atoms with E-state index in [1.165, 1.54) is 12.1 Å². The summed E-state index contributed by atoms with van der Waals surface area (Å²) in [5.74, 6) is 1.34. The Morgan fingerprint density at radius 2 is 2.09 bits per heavy atom. The molecule has 0 radical (unpaired) electrons. The highest BCUT2D eigenvalue weighted by Crippen LogP contribution is 2.49. The molecule has 2 amide bonds. The van der Waals surface area contributed by atoms with Crippen LogP contribution in [0.4, 0.5) is 9.18 Å². The van der Waals surface area contributed by atoms with Gasteiger partial charge >= 0.3 is 6.09 Å². The zero-order chi connectivity index (χ0) is 24.4. The van der Waals surface area contributed by atoms with Crippen molar-refractivity contribution in [3.05, 3.63) is 60.2 Å². The molecule has 0 spiro atoms. The minimum absolute atomic E-state index is 0.124. The highest BCUT2D eigenvalue weighted by Gasteiger charge is 2.49. The smallest absolute Gasteiger partial charge is 0.407 e. The lowest BCUT2D eigenvalue weighted by Crippen LogP contribution is -2.50. The van der Waals surface area contributed by atoms with Gasteiger partial charge in [0.15, 0.2) is 0 Å². The van der Waals surface area contributed by atoms with E-state index in [2.05, 4.69) is 21.7 Å². The summed E-state index contributed by atoms with van der Waals surface area (Å²) in [6.07, 6.45) is 10.1. The van der Waals surface area contributed by atoms with Crippen molar-refractivity contribution in [3.63, 3.8) is 0 Å². The Balaban J connectivity index is 1.31. The highest BCUT2D eigenvalue weighted by atomic mass is 19.1. The maximum Gasteiger partial charge on any atom is 0.407 e. The second-order valence-corrected chi connectivity index (χ2v) is 10.0. The predicted octanol–water partition coefficient (Wildman–Crippen LogP) is 4.96. The Morgan fingerprint density at radius 3 is 2.86 bits per heavy atom. The number of fused-ring (bicyclic) bond motifs is 2. The number of carbonyl (C=O) groups is 2. The van der Waals surface area contributed by atoms with Crippen LogP contribution in [0.15, 0.2) is 48.7 Å². The van der Waals surface area contributed by atoms with Gasteiger partial charge in [0.1, 0.15) is 5.82 Å². The molecule has 1 aromatic carbocycles. The molecule has 0 bridgehead atoms. The van der Waals surface area contributed by atoms with Crippen molar-refractivity contribution in [1.82, 2.24) is 15.6 Å². The van der Waals surface area contributed by atoms with Crippen molar-refractivity contribution in [2.75, 3.05) is 6.61 Å². The Kier molecular flexibility index (Phi) is 6.84. The van der Waals surface area contributed by atoms with E-state index in [1.54, 1.807) is 12.3 Å². The lowest BCUT2D eigenvalue weighted by atomic mass is 9.59. The van der Waals surface area contributed by atoms with Crippen molar-refractivity contribution in [2.45, 2.75) is 51.1 Å². The van der Waals surface area contributed by atoms with Gasteiger partial charge < -0.3 is 15.4 Å². The van der Waals surface area contributed by atoms with Crippen LogP contribution >= 0.6 is 0 Å². The number of amides is 2. The number of aromatic nitrogens is 1. The van der Waals surface area contributed by atoms with Crippen molar-refractivity contribution in [2.24, 2.45) is 23.7 Å². The van der Waals surface area contributed by atoms with E-state index in [9.17, 15) is 14.0 Å². The fourth-order valence-electron chi connectivity index (χ4n) is 6.37. The van der Waals surface area contributed by atoms with Crippen LogP contribution in [0.5, 0.6) is 0 Å². The normalized spacial score (nSPS) is 29.8. The molecule has 1 aromatic heterocycles. The third kappa shape index (κ3) is 5.24. The number of nitrogens with one attached hydrogen (secondary N) is 2. The molecule has 2 N–H and O–H groups in total. The van der Waals surface area contributed by atoms with Crippen LogP contribution < -0.4 is 10.6 Å². The van der Waals surface area contributed by atoms with Crippen LogP contribution in [0.3, 0.4) is 0 Å². The summed E-state index contributed by atoms with van der Waals surface area (Å²) in [4.78, 5) is 28.8. The summed E-state index contributed by atoms with van der Waals surface area (Å²) >= 11 is 0. The topological polar surface area (TPSA) is 80.3 Å². The number of benzene rings is 1. The molecule has 2 heterocycles. The summed E-state index contributed by atoms with van der Waals surface area (Å²) < 4.78 is 18.6. The van der Waals surface area contributed by atoms with Gasteiger partial charge in [-0.1, -0.05) is 24.3 Å². The molecule has 6 atom stereocenters. The Morgan fingerprint density at radius 1 is 1.20 bits per heavy atom. The van der Waals surface area contributed by atoms with E-state index in [4.69, 9.17) is 4.74 Å². The predicted molar refractivity (Wildman–Crippen MR) is 132 cm³/mol. The average Bonchev–Trinajstić information content (AvgIpc) is 3.22. The van der Waals surface area contributed by atoms with Crippen LogP contribution in [0.2, 0.25) is 0 Å². The van der Waals surface area contributed by atoms with Gasteiger partial charge in [-0.25, -0.2) is 9.18 Å². The van der Waals surface area contributed by atoms with Gasteiger partial charge in [-0.15, -0.1) is 0 Å². The molecule has 2 aliphatic carbocycles. The molecule has 184 valence electrons. The van der Waals surface area contributed by atoms with Gasteiger partial charge in [0, 0.05) is 36.2 Å². The van der Waals surface area contributed by atoms with Crippen LogP contribution in [-0.4, -0.2) is 35.7 Å². The molecular formula is C28H32FN3O3. The fraction of sp³-hybridized carbons (Fsp3) is 0.464. The van der Waals surface area contributed by atoms with E-state index >= 15 is 0 Å². The van der Waals surface area contributed by atoms with E-state index in [0.29, 0.717) is 30.8 Å². The third-order valence-electron chi connectivity index (χ3n) is 7.87. The zero-order valence-corrected chi connectivity index (χ0v) is 20.0. The standard InChI is InChI=1S/C28H32FN3O3/c1-2-35-28(34)31-23-9-10-24-19(14-23)12-20-15-26(33)32-27(20)25(24)11-8-22-7-6-18(16-30-22)17-4-3-5-21(29)13-17/h3-8,11,13,16,19-20,23-25,27H,2,9-10,12,14-15H2,1H3,(H,31,34)(H,32,33)/b11-8+/t19-,20+,23+,24-,25+,27-/m1/s1. The first-order valence-electron chi connectivity index (χ1n) is 12.6. The number of ether oxygens (including phenoxy) is 1. The number of carbonyl (C=O) groups excluding carboxylic acids is 2. The summed E-state index contributed by atoms with van der Waals surface area (Å²) in [7, 11) is 0. The lowest BCUT2D eigenvalue weighted by Gasteiger charge is -2.47. The minimum Gasteiger partial charge on any atom is -0.450 e. The molecule has 0 unspecified atom stereocenters. The van der Waals surface area contributed by atoms with Crippen molar-refractivity contribution >= 4 is 18.1 Å². The quantitative estimate of drug-likeness (QED) is 0.638. The number of alkyl carbamates (subject to hydrolysis) is 1. The van der Waals surface area contributed by atoms with Crippen LogP contribution in [-0.2, 0) is 9.53 Å². The van der Waals surface area contributed by atoms with Gasteiger partial charge in [-0.05, 0) is 80.2 Å². The van der Waals surface area contributed by atoms with Gasteiger partial charge in [-0.2, -0.15) is 0 Å². The summed E-state index contributed by atoms with van der Waals surface area (Å²) in [6, 6.07) is 10.7. The number of nitrogens with zero attached hydrogens (tertiary/aromatic N) is 1. The molecule has 3 fully saturated rings. The molecule has 1 saturated heterocycles. The molecule has 1 aliphatic heterocycles. The van der Waals surface area contributed by atoms with Crippen LogP contribution in [0.25, 0.3) is 17.2 Å². The minimum atomic E-state index is -0.341. The summed E-state index contributed by atoms with van der Waals surface area (Å²) in [5, 5.41) is 6.26. The second-order valence-electron chi connectivity index (χ2n) is 10.0. The van der Waals surface area contributed by atoms with Gasteiger partial charge in [0.2, 0.25) is 5.91 Å². The average molecular weight is 478 g/mol. The summed E-state index contributed by atoms with van der Waals surface area (Å²) in [6.45, 7) is 2.18. The largest absolute Gasteiger partial charge is 0.450 e. The van der Waals surface area contributed by atoms with Gasteiger partial charge in [0.05, 0.1) is 12.3 Å². The molecule has 2 aromatic rings. The lowest BCUT2D eigenvalue weighted by molar-refractivity contribution is -0.119. The molecule has 3 aliphatic rings. The first-order chi connectivity index (χ1) is 17.0. The first-order valence-corrected chi connectivity index (χ1v) is 12.6. The maximum absolute atomic E-state index is 13.6. The van der Waals surface area contributed by atoms with E-state index < -0.39 is 0 Å². The van der Waals surface area contributed by atoms with Crippen molar-refractivity contribution in [1.29, 1.82) is 0 Å². The second kappa shape index (κ2) is 10.2. The fourth-order valence-corrected chi connectivity index (χ4v) is 6.37. The third-order valence-corrected chi connectivity index (χ3v) is 7.87. The summed E-state index contributed by atoms with van der Waals surface area (Å²) in [5.41, 5.74) is 2.51. The Bertz CT molecular complexity index is 1100. The molecule has 35 heavy (non-hydrogen) atoms. The number of hydrogen-bond donors (Lipinski definition) is 2. The zero-order valence-electron chi connectivity index (χ0n) is 20.0. The highest BCUT2D eigenvalue weighted by molar-refractivity contribution is 5.79. The monoisotopic (exact) mass is 477 g/mol. The molecule has 7 heteroatoms. The number of rotatable bonds is 5. The maximum atomic E-state index is 13.6. The number of pyridine rings is 1. The van der Waals surface area contributed by atoms with Crippen LogP contribution in [0, 0.1) is 29.5 Å². The number of hydrogen-bond acceptors (Lipinski definition) is 4. The van der Waals surface area contributed by atoms with Gasteiger partial charge in [0.25, 0.3) is 0 Å².